The van der Waals surface area contributed by atoms with Crippen molar-refractivity contribution in [3.63, 3.8) is 0 Å². The number of nitro groups is 2. The van der Waals surface area contributed by atoms with Gasteiger partial charge in [-0.3, -0.25) is 35.1 Å². The Morgan fingerprint density at radius 2 is 1.31 bits per heavy atom. The van der Waals surface area contributed by atoms with Gasteiger partial charge in [-0.1, -0.05) is 12.1 Å². The van der Waals surface area contributed by atoms with Crippen LogP contribution in [0.4, 0.5) is 22.2 Å². The summed E-state index contributed by atoms with van der Waals surface area (Å²) in [6, 6.07) is 17.4. The number of nitro benzene ring substituents is 2. The number of amides is 2. The van der Waals surface area contributed by atoms with Crippen molar-refractivity contribution < 1.29 is 19.4 Å². The molecular formula is C23H15N5O6S. The summed E-state index contributed by atoms with van der Waals surface area (Å²) in [6.07, 6.45) is 0. The first-order valence-corrected chi connectivity index (χ1v) is 10.9. The van der Waals surface area contributed by atoms with E-state index >= 15 is 0 Å². The van der Waals surface area contributed by atoms with Crippen LogP contribution >= 0.6 is 11.3 Å². The van der Waals surface area contributed by atoms with E-state index in [1.165, 1.54) is 59.9 Å². The smallest absolute Gasteiger partial charge is 0.269 e. The molecule has 0 aliphatic rings. The topological polar surface area (TPSA) is 157 Å². The highest BCUT2D eigenvalue weighted by molar-refractivity contribution is 7.14. The molecule has 0 unspecified atom stereocenters. The first kappa shape index (κ1) is 23.2. The van der Waals surface area contributed by atoms with Crippen LogP contribution in [-0.4, -0.2) is 26.6 Å². The fourth-order valence-corrected chi connectivity index (χ4v) is 3.78. The van der Waals surface area contributed by atoms with Crippen LogP contribution in [0.5, 0.6) is 0 Å². The second kappa shape index (κ2) is 9.89. The van der Waals surface area contributed by atoms with Gasteiger partial charge in [-0.2, -0.15) is 0 Å². The van der Waals surface area contributed by atoms with E-state index in [9.17, 15) is 29.8 Å². The summed E-state index contributed by atoms with van der Waals surface area (Å²) in [5, 5.41) is 29.0. The van der Waals surface area contributed by atoms with E-state index in [4.69, 9.17) is 0 Å². The van der Waals surface area contributed by atoms with Crippen molar-refractivity contribution in [2.24, 2.45) is 0 Å². The molecule has 1 aromatic heterocycles. The molecule has 174 valence electrons. The molecule has 2 amide bonds. The molecule has 4 rings (SSSR count). The molecule has 35 heavy (non-hydrogen) atoms. The lowest BCUT2D eigenvalue weighted by Crippen LogP contribution is -2.12. The summed E-state index contributed by atoms with van der Waals surface area (Å²) in [7, 11) is 0. The van der Waals surface area contributed by atoms with Gasteiger partial charge in [0.05, 0.1) is 15.5 Å². The first-order chi connectivity index (χ1) is 16.8. The van der Waals surface area contributed by atoms with E-state index in [0.29, 0.717) is 22.1 Å². The monoisotopic (exact) mass is 489 g/mol. The molecule has 0 fully saturated rings. The van der Waals surface area contributed by atoms with Crippen LogP contribution in [0.3, 0.4) is 0 Å². The summed E-state index contributed by atoms with van der Waals surface area (Å²) in [5.74, 6) is -0.878. The van der Waals surface area contributed by atoms with E-state index in [2.05, 4.69) is 15.6 Å². The van der Waals surface area contributed by atoms with Crippen molar-refractivity contribution >= 4 is 45.3 Å². The van der Waals surface area contributed by atoms with E-state index < -0.39 is 21.7 Å². The summed E-state index contributed by atoms with van der Waals surface area (Å²) >= 11 is 1.20. The standard InChI is InChI=1S/C23H15N5O6S/c29-21(14-4-8-18(9-5-14)27(31)32)24-17-3-1-2-16(12-17)20-13-35-23(25-20)26-22(30)15-6-10-19(11-7-15)28(33)34/h1-13H,(H,24,29)(H,25,26,30). The predicted octanol–water partition coefficient (Wildman–Crippen LogP) is 5.13. The Labute approximate surface area is 201 Å². The molecule has 11 nitrogen and oxygen atoms in total. The first-order valence-electron chi connectivity index (χ1n) is 9.98. The fourth-order valence-electron chi connectivity index (χ4n) is 3.06. The minimum absolute atomic E-state index is 0.108. The number of rotatable bonds is 7. The van der Waals surface area contributed by atoms with Gasteiger partial charge in [0.15, 0.2) is 5.13 Å². The largest absolute Gasteiger partial charge is 0.322 e. The number of aromatic nitrogens is 1. The number of carbonyl (C=O) groups excluding carboxylic acids is 2. The molecule has 12 heteroatoms. The molecule has 0 radical (unpaired) electrons. The maximum atomic E-state index is 12.5. The van der Waals surface area contributed by atoms with E-state index in [1.807, 2.05) is 0 Å². The molecule has 2 N–H and O–H groups in total. The maximum Gasteiger partial charge on any atom is 0.269 e. The van der Waals surface area contributed by atoms with E-state index in [-0.39, 0.29) is 22.5 Å². The van der Waals surface area contributed by atoms with Gasteiger partial charge in [0.1, 0.15) is 0 Å². The van der Waals surface area contributed by atoms with Crippen LogP contribution in [0.15, 0.2) is 78.2 Å². The minimum Gasteiger partial charge on any atom is -0.322 e. The molecule has 0 atom stereocenters. The van der Waals surface area contributed by atoms with Crippen molar-refractivity contribution in [1.29, 1.82) is 0 Å². The highest BCUT2D eigenvalue weighted by Gasteiger charge is 2.14. The Hall–Kier alpha value is -4.97. The van der Waals surface area contributed by atoms with Gasteiger partial charge in [-0.05, 0) is 36.4 Å². The van der Waals surface area contributed by atoms with Crippen molar-refractivity contribution in [2.45, 2.75) is 0 Å². The van der Waals surface area contributed by atoms with Gasteiger partial charge in [0.25, 0.3) is 23.2 Å². The molecule has 1 heterocycles. The zero-order valence-electron chi connectivity index (χ0n) is 17.7. The lowest BCUT2D eigenvalue weighted by atomic mass is 10.1. The van der Waals surface area contributed by atoms with Crippen LogP contribution in [0.2, 0.25) is 0 Å². The van der Waals surface area contributed by atoms with Gasteiger partial charge in [0.2, 0.25) is 0 Å². The van der Waals surface area contributed by atoms with Crippen LogP contribution in [0.1, 0.15) is 20.7 Å². The minimum atomic E-state index is -0.544. The summed E-state index contributed by atoms with van der Waals surface area (Å²) in [6.45, 7) is 0. The lowest BCUT2D eigenvalue weighted by Gasteiger charge is -2.07. The average molecular weight is 489 g/mol. The lowest BCUT2D eigenvalue weighted by molar-refractivity contribution is -0.385. The number of nitrogens with zero attached hydrogens (tertiary/aromatic N) is 3. The summed E-state index contributed by atoms with van der Waals surface area (Å²) in [5.41, 5.74) is 2.06. The van der Waals surface area contributed by atoms with Gasteiger partial charge in [-0.15, -0.1) is 11.3 Å². The average Bonchev–Trinajstić information content (AvgIpc) is 3.32. The van der Waals surface area contributed by atoms with Crippen LogP contribution in [0, 0.1) is 20.2 Å². The Morgan fingerprint density at radius 3 is 1.86 bits per heavy atom. The number of nitrogens with one attached hydrogen (secondary N) is 2. The normalized spacial score (nSPS) is 10.4. The number of anilines is 2. The van der Waals surface area contributed by atoms with E-state index in [0.717, 1.165) is 0 Å². The molecule has 4 aromatic rings. The summed E-state index contributed by atoms with van der Waals surface area (Å²) in [4.78, 5) is 49.7. The molecule has 3 aromatic carbocycles. The quantitative estimate of drug-likeness (QED) is 0.269. The van der Waals surface area contributed by atoms with Gasteiger partial charge >= 0.3 is 0 Å². The SMILES string of the molecule is O=C(Nc1cccc(-c2csc(NC(=O)c3ccc([N+](=O)[O-])cc3)n2)c1)c1ccc([N+](=O)[O-])cc1. The van der Waals surface area contributed by atoms with Crippen molar-refractivity contribution in [2.75, 3.05) is 10.6 Å². The second-order valence-electron chi connectivity index (χ2n) is 7.13. The molecule has 0 bridgehead atoms. The number of benzene rings is 3. The van der Waals surface area contributed by atoms with Crippen molar-refractivity contribution in [1.82, 2.24) is 4.98 Å². The summed E-state index contributed by atoms with van der Waals surface area (Å²) < 4.78 is 0. The molecule has 0 aliphatic carbocycles. The second-order valence-corrected chi connectivity index (χ2v) is 7.99. The molecule has 0 spiro atoms. The number of carbonyl (C=O) groups is 2. The molecular weight excluding hydrogens is 474 g/mol. The van der Waals surface area contributed by atoms with Gasteiger partial charge in [-0.25, -0.2) is 4.98 Å². The Morgan fingerprint density at radius 1 is 0.771 bits per heavy atom. The van der Waals surface area contributed by atoms with Crippen molar-refractivity contribution in [3.05, 3.63) is 110 Å². The number of hydrogen-bond donors (Lipinski definition) is 2. The number of hydrogen-bond acceptors (Lipinski definition) is 8. The van der Waals surface area contributed by atoms with Crippen LogP contribution < -0.4 is 10.6 Å². The third-order valence-electron chi connectivity index (χ3n) is 4.82. The van der Waals surface area contributed by atoms with Gasteiger partial charge in [0, 0.05) is 52.0 Å². The zero-order valence-corrected chi connectivity index (χ0v) is 18.5. The highest BCUT2D eigenvalue weighted by atomic mass is 32.1. The van der Waals surface area contributed by atoms with Crippen molar-refractivity contribution in [3.8, 4) is 11.3 Å². The fraction of sp³-hybridized carbons (Fsp3) is 0. The Kier molecular flexibility index (Phi) is 6.55. The highest BCUT2D eigenvalue weighted by Crippen LogP contribution is 2.27. The Bertz CT molecular complexity index is 1430. The van der Waals surface area contributed by atoms with Crippen LogP contribution in [-0.2, 0) is 0 Å². The third kappa shape index (κ3) is 5.51. The molecule has 0 saturated heterocycles. The molecule has 0 aliphatic heterocycles. The van der Waals surface area contributed by atoms with Gasteiger partial charge < -0.3 is 5.32 Å². The number of non-ortho nitro benzene ring substituents is 2. The predicted molar refractivity (Wildman–Crippen MR) is 130 cm³/mol. The zero-order chi connectivity index (χ0) is 24.9. The number of thiazole rings is 1. The molecule has 0 saturated carbocycles. The third-order valence-corrected chi connectivity index (χ3v) is 5.58. The Balaban J connectivity index is 1.43. The van der Waals surface area contributed by atoms with E-state index in [1.54, 1.807) is 29.6 Å². The maximum absolute atomic E-state index is 12.5. The van der Waals surface area contributed by atoms with Crippen LogP contribution in [0.25, 0.3) is 11.3 Å².